The van der Waals surface area contributed by atoms with Gasteiger partial charge in [0, 0.05) is 18.0 Å². The van der Waals surface area contributed by atoms with Crippen LogP contribution in [-0.4, -0.2) is 23.9 Å². The van der Waals surface area contributed by atoms with Crippen LogP contribution in [-0.2, 0) is 0 Å². The molecule has 2 rings (SSSR count). The van der Waals surface area contributed by atoms with Crippen LogP contribution in [0, 0.1) is 13.8 Å². The van der Waals surface area contributed by atoms with Gasteiger partial charge in [-0.2, -0.15) is 0 Å². The largest absolute Gasteiger partial charge is 0.390 e. The van der Waals surface area contributed by atoms with Crippen LogP contribution < -0.4 is 5.73 Å². The molecule has 1 saturated heterocycles. The van der Waals surface area contributed by atoms with E-state index in [1.165, 1.54) is 11.3 Å². The highest BCUT2D eigenvalue weighted by Crippen LogP contribution is 2.31. The zero-order chi connectivity index (χ0) is 11.0. The molecular weight excluding hydrogens is 208 g/mol. The molecule has 0 unspecified atom stereocenters. The van der Waals surface area contributed by atoms with Crippen molar-refractivity contribution in [3.05, 3.63) is 16.0 Å². The molecule has 0 radical (unpaired) electrons. The summed E-state index contributed by atoms with van der Waals surface area (Å²) in [5, 5.41) is 0.668. The maximum absolute atomic E-state index is 12.2. The summed E-state index contributed by atoms with van der Waals surface area (Å²) in [7, 11) is 0. The molecule has 0 bridgehead atoms. The van der Waals surface area contributed by atoms with Gasteiger partial charge in [0.2, 0.25) is 0 Å². The van der Waals surface area contributed by atoms with Gasteiger partial charge < -0.3 is 10.6 Å². The molecule has 0 aliphatic carbocycles. The molecule has 1 aliphatic heterocycles. The number of hydrogen-bond donors (Lipinski definition) is 1. The van der Waals surface area contributed by atoms with E-state index in [1.54, 1.807) is 0 Å². The molecular formula is C11H16N2OS. The summed E-state index contributed by atoms with van der Waals surface area (Å²) in [6, 6.07) is 0. The third-order valence-corrected chi connectivity index (χ3v) is 4.06. The Labute approximate surface area is 93.9 Å². The van der Waals surface area contributed by atoms with Crippen molar-refractivity contribution in [3.63, 3.8) is 0 Å². The average molecular weight is 224 g/mol. The van der Waals surface area contributed by atoms with Crippen LogP contribution in [0.15, 0.2) is 0 Å². The molecule has 1 amide bonds. The van der Waals surface area contributed by atoms with E-state index in [2.05, 4.69) is 0 Å². The minimum Gasteiger partial charge on any atom is -0.390 e. The Kier molecular flexibility index (Phi) is 2.69. The molecule has 2 N–H and O–H groups in total. The van der Waals surface area contributed by atoms with Gasteiger partial charge in [-0.3, -0.25) is 4.79 Å². The fraction of sp³-hybridized carbons (Fsp3) is 0.545. The predicted molar refractivity (Wildman–Crippen MR) is 63.3 cm³/mol. The fourth-order valence-corrected chi connectivity index (χ4v) is 2.92. The Morgan fingerprint density at radius 1 is 1.33 bits per heavy atom. The lowest BCUT2D eigenvalue weighted by Crippen LogP contribution is -2.28. The average Bonchev–Trinajstić information content (AvgIpc) is 2.76. The zero-order valence-corrected chi connectivity index (χ0v) is 9.99. The molecule has 4 heteroatoms. The van der Waals surface area contributed by atoms with Crippen molar-refractivity contribution in [1.29, 1.82) is 0 Å². The van der Waals surface area contributed by atoms with Crippen molar-refractivity contribution >= 4 is 22.2 Å². The molecule has 1 aliphatic rings. The van der Waals surface area contributed by atoms with Gasteiger partial charge in [0.1, 0.15) is 0 Å². The summed E-state index contributed by atoms with van der Waals surface area (Å²) in [5.74, 6) is 0.117. The van der Waals surface area contributed by atoms with Gasteiger partial charge in [0.25, 0.3) is 5.91 Å². The van der Waals surface area contributed by atoms with E-state index in [-0.39, 0.29) is 5.91 Å². The number of carbonyl (C=O) groups excluding carboxylic acids is 1. The summed E-state index contributed by atoms with van der Waals surface area (Å²) in [4.78, 5) is 15.2. The molecule has 0 aromatic carbocycles. The normalized spacial score (nSPS) is 16.0. The standard InChI is InChI=1S/C11H16N2OS/c1-7-8(2)15-10(12)9(7)11(14)13-5-3-4-6-13/h3-6,12H2,1-2H3. The number of hydrogen-bond acceptors (Lipinski definition) is 3. The van der Waals surface area contributed by atoms with Crippen LogP contribution >= 0.6 is 11.3 Å². The van der Waals surface area contributed by atoms with Crippen molar-refractivity contribution in [2.75, 3.05) is 18.8 Å². The van der Waals surface area contributed by atoms with Crippen LogP contribution in [0.3, 0.4) is 0 Å². The number of aryl methyl sites for hydroxylation is 1. The molecule has 2 heterocycles. The van der Waals surface area contributed by atoms with Gasteiger partial charge in [0.05, 0.1) is 10.6 Å². The number of thiophene rings is 1. The molecule has 1 fully saturated rings. The minimum atomic E-state index is 0.117. The van der Waals surface area contributed by atoms with Crippen molar-refractivity contribution in [1.82, 2.24) is 4.90 Å². The second-order valence-corrected chi connectivity index (χ2v) is 5.28. The number of nitrogen functional groups attached to an aromatic ring is 1. The van der Waals surface area contributed by atoms with E-state index in [4.69, 9.17) is 5.73 Å². The third kappa shape index (κ3) is 1.74. The minimum absolute atomic E-state index is 0.117. The van der Waals surface area contributed by atoms with E-state index < -0.39 is 0 Å². The lowest BCUT2D eigenvalue weighted by Gasteiger charge is -2.15. The fourth-order valence-electron chi connectivity index (χ4n) is 2.00. The van der Waals surface area contributed by atoms with Crippen LogP contribution in [0.4, 0.5) is 5.00 Å². The summed E-state index contributed by atoms with van der Waals surface area (Å²) >= 11 is 1.51. The molecule has 1 aromatic heterocycles. The molecule has 15 heavy (non-hydrogen) atoms. The second-order valence-electron chi connectivity index (χ2n) is 4.02. The van der Waals surface area contributed by atoms with E-state index in [0.29, 0.717) is 5.00 Å². The number of anilines is 1. The number of carbonyl (C=O) groups is 1. The van der Waals surface area contributed by atoms with Gasteiger partial charge in [-0.1, -0.05) is 0 Å². The number of rotatable bonds is 1. The molecule has 3 nitrogen and oxygen atoms in total. The lowest BCUT2D eigenvalue weighted by molar-refractivity contribution is 0.0793. The van der Waals surface area contributed by atoms with Gasteiger partial charge in [-0.15, -0.1) is 11.3 Å². The number of likely N-dealkylation sites (tertiary alicyclic amines) is 1. The van der Waals surface area contributed by atoms with Crippen LogP contribution in [0.25, 0.3) is 0 Å². The number of amides is 1. The van der Waals surface area contributed by atoms with Crippen molar-refractivity contribution in [2.45, 2.75) is 26.7 Å². The SMILES string of the molecule is Cc1sc(N)c(C(=O)N2CCCC2)c1C. The monoisotopic (exact) mass is 224 g/mol. The first-order valence-electron chi connectivity index (χ1n) is 5.26. The summed E-state index contributed by atoms with van der Waals surface area (Å²) in [6.07, 6.45) is 2.24. The Morgan fingerprint density at radius 2 is 1.93 bits per heavy atom. The first-order valence-corrected chi connectivity index (χ1v) is 6.07. The molecule has 0 atom stereocenters. The van der Waals surface area contributed by atoms with Gasteiger partial charge in [-0.25, -0.2) is 0 Å². The number of nitrogens with two attached hydrogens (primary N) is 1. The highest BCUT2D eigenvalue weighted by Gasteiger charge is 2.24. The van der Waals surface area contributed by atoms with Crippen LogP contribution in [0.5, 0.6) is 0 Å². The van der Waals surface area contributed by atoms with Crippen molar-refractivity contribution in [3.8, 4) is 0 Å². The Bertz CT molecular complexity index is 392. The van der Waals surface area contributed by atoms with Gasteiger partial charge in [-0.05, 0) is 32.3 Å². The highest BCUT2D eigenvalue weighted by atomic mass is 32.1. The number of nitrogens with zero attached hydrogens (tertiary/aromatic N) is 1. The predicted octanol–water partition coefficient (Wildman–Crippen LogP) is 2.18. The highest BCUT2D eigenvalue weighted by molar-refractivity contribution is 7.16. The topological polar surface area (TPSA) is 46.3 Å². The summed E-state index contributed by atoms with van der Waals surface area (Å²) < 4.78 is 0. The second kappa shape index (κ2) is 3.85. The first kappa shape index (κ1) is 10.5. The van der Waals surface area contributed by atoms with Crippen molar-refractivity contribution < 1.29 is 4.79 Å². The maximum Gasteiger partial charge on any atom is 0.257 e. The summed E-state index contributed by atoms with van der Waals surface area (Å²) in [6.45, 7) is 5.75. The lowest BCUT2D eigenvalue weighted by atomic mass is 10.1. The Morgan fingerprint density at radius 3 is 2.40 bits per heavy atom. The van der Waals surface area contributed by atoms with E-state index in [0.717, 1.165) is 41.9 Å². The quantitative estimate of drug-likeness (QED) is 0.794. The smallest absolute Gasteiger partial charge is 0.257 e. The van der Waals surface area contributed by atoms with Crippen LogP contribution in [0.2, 0.25) is 0 Å². The van der Waals surface area contributed by atoms with E-state index in [9.17, 15) is 4.79 Å². The van der Waals surface area contributed by atoms with E-state index in [1.807, 2.05) is 18.7 Å². The van der Waals surface area contributed by atoms with Crippen LogP contribution in [0.1, 0.15) is 33.6 Å². The van der Waals surface area contributed by atoms with Crippen molar-refractivity contribution in [2.24, 2.45) is 0 Å². The Hall–Kier alpha value is -1.03. The maximum atomic E-state index is 12.2. The molecule has 0 saturated carbocycles. The first-order chi connectivity index (χ1) is 7.11. The molecule has 0 spiro atoms. The molecule has 82 valence electrons. The molecule has 1 aromatic rings. The van der Waals surface area contributed by atoms with Gasteiger partial charge >= 0.3 is 0 Å². The van der Waals surface area contributed by atoms with Gasteiger partial charge in [0.15, 0.2) is 0 Å². The third-order valence-electron chi connectivity index (χ3n) is 3.02. The Balaban J connectivity index is 2.32. The zero-order valence-electron chi connectivity index (χ0n) is 9.17. The van der Waals surface area contributed by atoms with E-state index >= 15 is 0 Å². The summed E-state index contributed by atoms with van der Waals surface area (Å²) in [5.41, 5.74) is 7.67.